The van der Waals surface area contributed by atoms with Crippen molar-refractivity contribution in [3.8, 4) is 0 Å². The Labute approximate surface area is 138 Å². The summed E-state index contributed by atoms with van der Waals surface area (Å²) < 4.78 is 5.61. The molecule has 1 saturated heterocycles. The molecule has 0 aromatic heterocycles. The Kier molecular flexibility index (Phi) is 7.09. The predicted octanol–water partition coefficient (Wildman–Crippen LogP) is 0.679. The molecule has 1 saturated carbocycles. The maximum atomic E-state index is 12.8. The highest BCUT2D eigenvalue weighted by atomic mass is 35.5. The lowest BCUT2D eigenvalue weighted by atomic mass is 9.74. The van der Waals surface area contributed by atoms with Gasteiger partial charge in [0.25, 0.3) is 0 Å². The molecule has 7 heteroatoms. The van der Waals surface area contributed by atoms with Gasteiger partial charge in [-0.25, -0.2) is 0 Å². The summed E-state index contributed by atoms with van der Waals surface area (Å²) >= 11 is 0. The van der Waals surface area contributed by atoms with Crippen LogP contribution < -0.4 is 11.1 Å². The normalized spacial score (nSPS) is 32.0. The molecule has 3 N–H and O–H groups in total. The first-order valence-corrected chi connectivity index (χ1v) is 7.84. The van der Waals surface area contributed by atoms with Gasteiger partial charge in [-0.05, 0) is 19.8 Å². The van der Waals surface area contributed by atoms with Crippen LogP contribution in [0.3, 0.4) is 0 Å². The van der Waals surface area contributed by atoms with Crippen LogP contribution in [0.2, 0.25) is 0 Å². The van der Waals surface area contributed by atoms with Crippen molar-refractivity contribution < 1.29 is 14.3 Å². The van der Waals surface area contributed by atoms with Gasteiger partial charge in [0.2, 0.25) is 11.8 Å². The molecule has 6 nitrogen and oxygen atoms in total. The molecule has 22 heavy (non-hydrogen) atoms. The van der Waals surface area contributed by atoms with Gasteiger partial charge < -0.3 is 20.7 Å². The molecule has 2 aliphatic rings. The summed E-state index contributed by atoms with van der Waals surface area (Å²) in [6.07, 6.45) is 3.83. The van der Waals surface area contributed by atoms with Crippen LogP contribution in [0, 0.1) is 5.92 Å². The number of nitrogens with one attached hydrogen (secondary N) is 1. The molecule has 1 aliphatic heterocycles. The molecule has 2 rings (SSSR count). The summed E-state index contributed by atoms with van der Waals surface area (Å²) in [5.41, 5.74) is 5.92. The lowest BCUT2D eigenvalue weighted by molar-refractivity contribution is -0.146. The number of carbonyl (C=O) groups is 2. The molecule has 0 aromatic carbocycles. The first-order valence-electron chi connectivity index (χ1n) is 7.84. The number of hydrogen-bond donors (Lipinski definition) is 2. The van der Waals surface area contributed by atoms with Gasteiger partial charge in [0.1, 0.15) is 0 Å². The van der Waals surface area contributed by atoms with Gasteiger partial charge in [-0.15, -0.1) is 12.4 Å². The zero-order chi connectivity index (χ0) is 15.5. The van der Waals surface area contributed by atoms with Gasteiger partial charge >= 0.3 is 0 Å². The number of halogens is 1. The van der Waals surface area contributed by atoms with Crippen molar-refractivity contribution in [2.45, 2.75) is 51.2 Å². The van der Waals surface area contributed by atoms with Gasteiger partial charge in [-0.1, -0.05) is 12.8 Å². The van der Waals surface area contributed by atoms with Crippen molar-refractivity contribution in [1.29, 1.82) is 0 Å². The highest BCUT2D eigenvalue weighted by Crippen LogP contribution is 2.33. The second-order valence-electron chi connectivity index (χ2n) is 6.52. The van der Waals surface area contributed by atoms with E-state index in [0.717, 1.165) is 25.7 Å². The first kappa shape index (κ1) is 19.2. The van der Waals surface area contributed by atoms with E-state index in [2.05, 4.69) is 5.32 Å². The molecule has 0 aromatic rings. The third-order valence-electron chi connectivity index (χ3n) is 4.58. The number of rotatable bonds is 3. The van der Waals surface area contributed by atoms with E-state index in [1.807, 2.05) is 11.8 Å². The molecule has 3 atom stereocenters. The summed E-state index contributed by atoms with van der Waals surface area (Å²) in [5, 5.41) is 2.74. The van der Waals surface area contributed by atoms with E-state index >= 15 is 0 Å². The molecule has 1 aliphatic carbocycles. The Morgan fingerprint density at radius 1 is 1.41 bits per heavy atom. The van der Waals surface area contributed by atoms with Gasteiger partial charge in [0.05, 0.1) is 18.6 Å². The quantitative estimate of drug-likeness (QED) is 0.795. The van der Waals surface area contributed by atoms with E-state index in [1.165, 1.54) is 6.92 Å². The van der Waals surface area contributed by atoms with Crippen LogP contribution in [0.25, 0.3) is 0 Å². The van der Waals surface area contributed by atoms with Crippen molar-refractivity contribution in [3.63, 3.8) is 0 Å². The Balaban J connectivity index is 0.00000242. The Morgan fingerprint density at radius 2 is 2.14 bits per heavy atom. The third kappa shape index (κ3) is 4.83. The van der Waals surface area contributed by atoms with E-state index < -0.39 is 5.54 Å². The Bertz CT molecular complexity index is 403. The molecular weight excluding hydrogens is 306 g/mol. The Hall–Kier alpha value is -0.850. The van der Waals surface area contributed by atoms with Crippen molar-refractivity contribution in [3.05, 3.63) is 0 Å². The zero-order valence-corrected chi connectivity index (χ0v) is 14.3. The molecule has 0 radical (unpaired) electrons. The fourth-order valence-corrected chi connectivity index (χ4v) is 3.28. The number of ether oxygens (including phenoxy) is 1. The predicted molar refractivity (Wildman–Crippen MR) is 86.8 cm³/mol. The van der Waals surface area contributed by atoms with E-state index in [-0.39, 0.29) is 36.2 Å². The summed E-state index contributed by atoms with van der Waals surface area (Å²) in [4.78, 5) is 25.6. The van der Waals surface area contributed by atoms with E-state index in [4.69, 9.17) is 10.5 Å². The standard InChI is InChI=1S/C15H27N3O3.ClH/c1-11(19)17-9-12-10-18(7-8-21-12)14(20)13-5-3-4-6-15(13,2)16;/h12-13H,3-10,16H2,1-2H3,(H,17,19);1H. The topological polar surface area (TPSA) is 84.7 Å². The number of hydrogen-bond acceptors (Lipinski definition) is 4. The van der Waals surface area contributed by atoms with Crippen LogP contribution in [0.5, 0.6) is 0 Å². The maximum Gasteiger partial charge on any atom is 0.227 e. The van der Waals surface area contributed by atoms with Gasteiger partial charge in [-0.2, -0.15) is 0 Å². The molecule has 0 bridgehead atoms. The largest absolute Gasteiger partial charge is 0.373 e. The number of nitrogens with zero attached hydrogens (tertiary/aromatic N) is 1. The number of carbonyl (C=O) groups excluding carboxylic acids is 2. The highest BCUT2D eigenvalue weighted by Gasteiger charge is 2.40. The zero-order valence-electron chi connectivity index (χ0n) is 13.5. The van der Waals surface area contributed by atoms with Crippen LogP contribution >= 0.6 is 12.4 Å². The highest BCUT2D eigenvalue weighted by molar-refractivity contribution is 5.85. The second kappa shape index (κ2) is 8.13. The number of nitrogens with two attached hydrogens (primary N) is 1. The van der Waals surface area contributed by atoms with Gasteiger partial charge in [0, 0.05) is 32.1 Å². The fourth-order valence-electron chi connectivity index (χ4n) is 3.28. The maximum absolute atomic E-state index is 12.8. The van der Waals surface area contributed by atoms with Crippen molar-refractivity contribution in [1.82, 2.24) is 10.2 Å². The summed E-state index contributed by atoms with van der Waals surface area (Å²) in [7, 11) is 0. The Morgan fingerprint density at radius 3 is 2.77 bits per heavy atom. The molecule has 2 fully saturated rings. The van der Waals surface area contributed by atoms with Crippen LogP contribution in [-0.2, 0) is 14.3 Å². The first-order chi connectivity index (χ1) is 9.90. The minimum atomic E-state index is -0.402. The minimum Gasteiger partial charge on any atom is -0.373 e. The van der Waals surface area contributed by atoms with E-state index in [0.29, 0.717) is 26.2 Å². The monoisotopic (exact) mass is 333 g/mol. The van der Waals surface area contributed by atoms with Crippen molar-refractivity contribution in [2.75, 3.05) is 26.2 Å². The molecule has 0 spiro atoms. The van der Waals surface area contributed by atoms with E-state index in [1.54, 1.807) is 0 Å². The van der Waals surface area contributed by atoms with Crippen LogP contribution in [0.4, 0.5) is 0 Å². The van der Waals surface area contributed by atoms with Gasteiger partial charge in [0.15, 0.2) is 0 Å². The molecule has 2 amide bonds. The SMILES string of the molecule is CC(=O)NCC1CN(C(=O)C2CCCCC2(C)N)CCO1.Cl. The smallest absolute Gasteiger partial charge is 0.227 e. The summed E-state index contributed by atoms with van der Waals surface area (Å²) in [5.74, 6) is -0.0227. The average molecular weight is 334 g/mol. The summed E-state index contributed by atoms with van der Waals surface area (Å²) in [6.45, 7) is 5.58. The second-order valence-corrected chi connectivity index (χ2v) is 6.52. The minimum absolute atomic E-state index is 0. The number of morpholine rings is 1. The molecular formula is C15H28ClN3O3. The lowest BCUT2D eigenvalue weighted by Gasteiger charge is -2.42. The third-order valence-corrected chi connectivity index (χ3v) is 4.58. The molecule has 1 heterocycles. The van der Waals surface area contributed by atoms with Crippen LogP contribution in [0.15, 0.2) is 0 Å². The van der Waals surface area contributed by atoms with Gasteiger partial charge in [-0.3, -0.25) is 9.59 Å². The fraction of sp³-hybridized carbons (Fsp3) is 0.867. The average Bonchev–Trinajstić information content (AvgIpc) is 2.44. The lowest BCUT2D eigenvalue weighted by Crippen LogP contribution is -2.57. The van der Waals surface area contributed by atoms with Crippen LogP contribution in [0.1, 0.15) is 39.5 Å². The van der Waals surface area contributed by atoms with Crippen molar-refractivity contribution in [2.24, 2.45) is 11.7 Å². The molecule has 3 unspecified atom stereocenters. The summed E-state index contributed by atoms with van der Waals surface area (Å²) in [6, 6.07) is 0. The number of amides is 2. The van der Waals surface area contributed by atoms with E-state index in [9.17, 15) is 9.59 Å². The molecule has 128 valence electrons. The van der Waals surface area contributed by atoms with Crippen LogP contribution in [-0.4, -0.2) is 54.6 Å². The van der Waals surface area contributed by atoms with Crippen molar-refractivity contribution >= 4 is 24.2 Å².